The van der Waals surface area contributed by atoms with Crippen molar-refractivity contribution in [3.8, 4) is 0 Å². The van der Waals surface area contributed by atoms with Gasteiger partial charge in [-0.3, -0.25) is 4.79 Å². The summed E-state index contributed by atoms with van der Waals surface area (Å²) in [6, 6.07) is 10.1. The van der Waals surface area contributed by atoms with Gasteiger partial charge in [0.25, 0.3) is 0 Å². The van der Waals surface area contributed by atoms with Gasteiger partial charge in [0.1, 0.15) is 0 Å². The van der Waals surface area contributed by atoms with E-state index in [9.17, 15) is 9.59 Å². The zero-order chi connectivity index (χ0) is 17.4. The molecule has 0 saturated carbocycles. The third kappa shape index (κ3) is 5.53. The van der Waals surface area contributed by atoms with Crippen LogP contribution in [-0.2, 0) is 11.3 Å². The topological polar surface area (TPSA) is 64.7 Å². The molecular formula is C18H28N4O2. The van der Waals surface area contributed by atoms with Crippen LogP contribution in [0.2, 0.25) is 0 Å². The van der Waals surface area contributed by atoms with Crippen LogP contribution in [0.25, 0.3) is 0 Å². The van der Waals surface area contributed by atoms with Gasteiger partial charge in [0, 0.05) is 45.7 Å². The maximum Gasteiger partial charge on any atom is 0.317 e. The summed E-state index contributed by atoms with van der Waals surface area (Å²) in [5.74, 6) is 0.112. The Morgan fingerprint density at radius 2 is 2.04 bits per heavy atom. The highest BCUT2D eigenvalue weighted by atomic mass is 16.2. The molecule has 1 aromatic rings. The Morgan fingerprint density at radius 1 is 1.29 bits per heavy atom. The lowest BCUT2D eigenvalue weighted by molar-refractivity contribution is -0.132. The number of nitrogens with one attached hydrogen (secondary N) is 2. The third-order valence-corrected chi connectivity index (χ3v) is 4.41. The summed E-state index contributed by atoms with van der Waals surface area (Å²) in [4.78, 5) is 27.8. The number of nitrogens with zero attached hydrogens (tertiary/aromatic N) is 2. The van der Waals surface area contributed by atoms with Crippen molar-refractivity contribution in [2.75, 3.05) is 33.7 Å². The molecule has 0 bridgehead atoms. The van der Waals surface area contributed by atoms with Crippen LogP contribution in [0.15, 0.2) is 30.3 Å². The molecule has 24 heavy (non-hydrogen) atoms. The number of likely N-dealkylation sites (N-methyl/N-ethyl adjacent to an activating group) is 1. The average molecular weight is 332 g/mol. The maximum absolute atomic E-state index is 12.2. The lowest BCUT2D eigenvalue weighted by Gasteiger charge is -2.32. The predicted octanol–water partition coefficient (Wildman–Crippen LogP) is 1.43. The zero-order valence-corrected chi connectivity index (χ0v) is 14.6. The summed E-state index contributed by atoms with van der Waals surface area (Å²) in [6.07, 6.45) is 2.49. The maximum atomic E-state index is 12.2. The third-order valence-electron chi connectivity index (χ3n) is 4.41. The summed E-state index contributed by atoms with van der Waals surface area (Å²) >= 11 is 0. The number of rotatable bonds is 6. The minimum absolute atomic E-state index is 0.112. The molecule has 1 heterocycles. The van der Waals surface area contributed by atoms with Crippen molar-refractivity contribution in [3.63, 3.8) is 0 Å². The van der Waals surface area contributed by atoms with Crippen LogP contribution in [-0.4, -0.2) is 61.5 Å². The van der Waals surface area contributed by atoms with Gasteiger partial charge in [0.2, 0.25) is 5.91 Å². The van der Waals surface area contributed by atoms with E-state index >= 15 is 0 Å². The fraction of sp³-hybridized carbons (Fsp3) is 0.556. The van der Waals surface area contributed by atoms with E-state index in [4.69, 9.17) is 0 Å². The van der Waals surface area contributed by atoms with Crippen LogP contribution in [0.3, 0.4) is 0 Å². The van der Waals surface area contributed by atoms with Crippen molar-refractivity contribution in [2.45, 2.75) is 31.8 Å². The van der Waals surface area contributed by atoms with Gasteiger partial charge in [-0.15, -0.1) is 0 Å². The zero-order valence-electron chi connectivity index (χ0n) is 14.6. The van der Waals surface area contributed by atoms with Crippen molar-refractivity contribution in [3.05, 3.63) is 35.9 Å². The van der Waals surface area contributed by atoms with Crippen LogP contribution < -0.4 is 10.6 Å². The first-order valence-electron chi connectivity index (χ1n) is 8.58. The van der Waals surface area contributed by atoms with E-state index in [1.165, 1.54) is 0 Å². The van der Waals surface area contributed by atoms with Crippen molar-refractivity contribution in [1.82, 2.24) is 20.4 Å². The Labute approximate surface area is 144 Å². The summed E-state index contributed by atoms with van der Waals surface area (Å²) in [5, 5.41) is 6.05. The second kappa shape index (κ2) is 9.27. The van der Waals surface area contributed by atoms with Crippen molar-refractivity contribution in [2.24, 2.45) is 0 Å². The number of urea groups is 1. The highest BCUT2D eigenvalue weighted by Crippen LogP contribution is 2.10. The van der Waals surface area contributed by atoms with Gasteiger partial charge in [-0.1, -0.05) is 30.3 Å². The molecule has 6 nitrogen and oxygen atoms in total. The smallest absolute Gasteiger partial charge is 0.317 e. The van der Waals surface area contributed by atoms with Crippen LogP contribution >= 0.6 is 0 Å². The van der Waals surface area contributed by atoms with Gasteiger partial charge in [0.05, 0.1) is 0 Å². The lowest BCUT2D eigenvalue weighted by atomic mass is 10.1. The fourth-order valence-electron chi connectivity index (χ4n) is 2.94. The Bertz CT molecular complexity index is 535. The fourth-order valence-corrected chi connectivity index (χ4v) is 2.94. The standard InChI is InChI=1S/C18H28N4O2/c1-19-16-9-6-12-22(14-16)17(23)10-11-20-18(24)21(2)13-15-7-4-3-5-8-15/h3-5,7-8,16,19H,6,9-14H2,1-2H3,(H,20,24). The SMILES string of the molecule is CNC1CCCN(C(=O)CCNC(=O)N(C)Cc2ccccc2)C1. The minimum atomic E-state index is -0.154. The van der Waals surface area contributed by atoms with Crippen molar-refractivity contribution >= 4 is 11.9 Å². The highest BCUT2D eigenvalue weighted by Gasteiger charge is 2.22. The van der Waals surface area contributed by atoms with E-state index in [0.29, 0.717) is 25.6 Å². The molecule has 2 N–H and O–H groups in total. The molecule has 0 aliphatic carbocycles. The first-order valence-corrected chi connectivity index (χ1v) is 8.58. The van der Waals surface area contributed by atoms with E-state index in [2.05, 4.69) is 10.6 Å². The van der Waals surface area contributed by atoms with Crippen LogP contribution in [0.4, 0.5) is 4.79 Å². The first kappa shape index (κ1) is 18.3. The normalized spacial score (nSPS) is 17.4. The Kier molecular flexibility index (Phi) is 7.06. The molecule has 0 aromatic heterocycles. The van der Waals surface area contributed by atoms with Gasteiger partial charge in [-0.2, -0.15) is 0 Å². The first-order chi connectivity index (χ1) is 11.6. The number of carbonyl (C=O) groups excluding carboxylic acids is 2. The molecule has 3 amide bonds. The number of likely N-dealkylation sites (tertiary alicyclic amines) is 1. The minimum Gasteiger partial charge on any atom is -0.341 e. The van der Waals surface area contributed by atoms with Gasteiger partial charge >= 0.3 is 6.03 Å². The lowest BCUT2D eigenvalue weighted by Crippen LogP contribution is -2.47. The monoisotopic (exact) mass is 332 g/mol. The molecule has 1 atom stereocenters. The number of hydrogen-bond acceptors (Lipinski definition) is 3. The average Bonchev–Trinajstić information content (AvgIpc) is 2.62. The molecule has 2 rings (SSSR count). The Morgan fingerprint density at radius 3 is 2.75 bits per heavy atom. The molecule has 6 heteroatoms. The van der Waals surface area contributed by atoms with Crippen LogP contribution in [0.1, 0.15) is 24.8 Å². The Balaban J connectivity index is 1.69. The van der Waals surface area contributed by atoms with E-state index in [-0.39, 0.29) is 11.9 Å². The number of carbonyl (C=O) groups is 2. The van der Waals surface area contributed by atoms with E-state index in [0.717, 1.165) is 31.5 Å². The van der Waals surface area contributed by atoms with Gasteiger partial charge in [0.15, 0.2) is 0 Å². The molecular weight excluding hydrogens is 304 g/mol. The van der Waals surface area contributed by atoms with Crippen LogP contribution in [0.5, 0.6) is 0 Å². The molecule has 0 radical (unpaired) electrons. The van der Waals surface area contributed by atoms with Crippen LogP contribution in [0, 0.1) is 0 Å². The second-order valence-electron chi connectivity index (χ2n) is 6.29. The summed E-state index contributed by atoms with van der Waals surface area (Å²) in [7, 11) is 3.69. The van der Waals surface area contributed by atoms with Crippen molar-refractivity contribution in [1.29, 1.82) is 0 Å². The predicted molar refractivity (Wildman–Crippen MR) is 94.6 cm³/mol. The molecule has 1 aliphatic heterocycles. The number of hydrogen-bond donors (Lipinski definition) is 2. The molecule has 132 valence electrons. The Hall–Kier alpha value is -2.08. The molecule has 0 spiro atoms. The second-order valence-corrected chi connectivity index (χ2v) is 6.29. The summed E-state index contributed by atoms with van der Waals surface area (Å²) in [5.41, 5.74) is 1.08. The largest absolute Gasteiger partial charge is 0.341 e. The summed E-state index contributed by atoms with van der Waals surface area (Å²) in [6.45, 7) is 2.50. The summed E-state index contributed by atoms with van der Waals surface area (Å²) < 4.78 is 0. The highest BCUT2D eigenvalue weighted by molar-refractivity contribution is 5.78. The molecule has 1 aliphatic rings. The number of benzene rings is 1. The van der Waals surface area contributed by atoms with E-state index < -0.39 is 0 Å². The van der Waals surface area contributed by atoms with Gasteiger partial charge < -0.3 is 20.4 Å². The quantitative estimate of drug-likeness (QED) is 0.828. The van der Waals surface area contributed by atoms with Gasteiger partial charge in [-0.05, 0) is 25.5 Å². The molecule has 1 aromatic carbocycles. The number of amides is 3. The van der Waals surface area contributed by atoms with E-state index in [1.54, 1.807) is 11.9 Å². The molecule has 1 fully saturated rings. The number of piperidine rings is 1. The molecule has 1 unspecified atom stereocenters. The van der Waals surface area contributed by atoms with Gasteiger partial charge in [-0.25, -0.2) is 4.79 Å². The molecule has 1 saturated heterocycles. The van der Waals surface area contributed by atoms with Crippen molar-refractivity contribution < 1.29 is 9.59 Å². The van der Waals surface area contributed by atoms with E-state index in [1.807, 2.05) is 42.3 Å².